The molecule has 1 heterocycles. The number of nitrogens with zero attached hydrogens (tertiary/aromatic N) is 3. The average Bonchev–Trinajstić information content (AvgIpc) is 2.85. The van der Waals surface area contributed by atoms with Crippen LogP contribution in [0.25, 0.3) is 0 Å². The number of thioether (sulfide) groups is 1. The molecule has 0 spiro atoms. The van der Waals surface area contributed by atoms with E-state index in [-0.39, 0.29) is 5.91 Å². The van der Waals surface area contributed by atoms with Crippen LogP contribution in [0.3, 0.4) is 0 Å². The van der Waals surface area contributed by atoms with Crippen LogP contribution in [0.15, 0.2) is 35.5 Å². The zero-order valence-electron chi connectivity index (χ0n) is 12.4. The van der Waals surface area contributed by atoms with Crippen molar-refractivity contribution in [3.8, 4) is 0 Å². The SMILES string of the molecule is CCCNC(=O)CSc1nnc(Cc2ccccc2)n1C. The maximum atomic E-state index is 11.6. The van der Waals surface area contributed by atoms with Crippen LogP contribution in [0.2, 0.25) is 0 Å². The molecule has 1 aromatic heterocycles. The van der Waals surface area contributed by atoms with Crippen LogP contribution in [0.5, 0.6) is 0 Å². The highest BCUT2D eigenvalue weighted by molar-refractivity contribution is 7.99. The van der Waals surface area contributed by atoms with Crippen LogP contribution in [-0.2, 0) is 18.3 Å². The van der Waals surface area contributed by atoms with E-state index in [9.17, 15) is 4.79 Å². The zero-order valence-corrected chi connectivity index (χ0v) is 13.2. The molecule has 21 heavy (non-hydrogen) atoms. The van der Waals surface area contributed by atoms with Gasteiger partial charge in [0.05, 0.1) is 5.75 Å². The van der Waals surface area contributed by atoms with Crippen LogP contribution in [0, 0.1) is 0 Å². The summed E-state index contributed by atoms with van der Waals surface area (Å²) in [5, 5.41) is 12.0. The molecule has 0 aliphatic carbocycles. The Kier molecular flexibility index (Phi) is 5.80. The van der Waals surface area contributed by atoms with Crippen molar-refractivity contribution >= 4 is 17.7 Å². The molecule has 0 saturated heterocycles. The van der Waals surface area contributed by atoms with Gasteiger partial charge >= 0.3 is 0 Å². The third-order valence-corrected chi connectivity index (χ3v) is 4.05. The molecule has 2 rings (SSSR count). The Morgan fingerprint density at radius 2 is 2.05 bits per heavy atom. The van der Waals surface area contributed by atoms with Gasteiger partial charge in [-0.25, -0.2) is 0 Å². The number of benzene rings is 1. The molecule has 1 amide bonds. The predicted octanol–water partition coefficient (Wildman–Crippen LogP) is 2.02. The third-order valence-electron chi connectivity index (χ3n) is 3.03. The second-order valence-electron chi connectivity index (χ2n) is 4.76. The van der Waals surface area contributed by atoms with E-state index in [2.05, 4.69) is 27.6 Å². The largest absolute Gasteiger partial charge is 0.355 e. The zero-order chi connectivity index (χ0) is 15.1. The van der Waals surface area contributed by atoms with E-state index in [1.165, 1.54) is 17.3 Å². The van der Waals surface area contributed by atoms with Gasteiger partial charge < -0.3 is 9.88 Å². The van der Waals surface area contributed by atoms with Gasteiger partial charge in [-0.1, -0.05) is 49.0 Å². The van der Waals surface area contributed by atoms with Crippen LogP contribution in [0.1, 0.15) is 24.7 Å². The molecule has 1 aromatic carbocycles. The topological polar surface area (TPSA) is 59.8 Å². The van der Waals surface area contributed by atoms with E-state index >= 15 is 0 Å². The molecule has 0 unspecified atom stereocenters. The standard InChI is InChI=1S/C15H20N4OS/c1-3-9-16-14(20)11-21-15-18-17-13(19(15)2)10-12-7-5-4-6-8-12/h4-8H,3,9-11H2,1-2H3,(H,16,20). The lowest BCUT2D eigenvalue weighted by Gasteiger charge is -2.04. The maximum absolute atomic E-state index is 11.6. The van der Waals surface area contributed by atoms with Crippen molar-refractivity contribution in [3.63, 3.8) is 0 Å². The monoisotopic (exact) mass is 304 g/mol. The third kappa shape index (κ3) is 4.60. The van der Waals surface area contributed by atoms with Gasteiger partial charge in [0.1, 0.15) is 5.82 Å². The van der Waals surface area contributed by atoms with Gasteiger partial charge in [0.25, 0.3) is 0 Å². The Hall–Kier alpha value is -1.82. The number of carbonyl (C=O) groups is 1. The summed E-state index contributed by atoms with van der Waals surface area (Å²) in [4.78, 5) is 11.6. The van der Waals surface area contributed by atoms with Crippen molar-refractivity contribution < 1.29 is 4.79 Å². The molecule has 1 N–H and O–H groups in total. The molecular weight excluding hydrogens is 284 g/mol. The highest BCUT2D eigenvalue weighted by atomic mass is 32.2. The van der Waals surface area contributed by atoms with Gasteiger partial charge in [-0.3, -0.25) is 4.79 Å². The smallest absolute Gasteiger partial charge is 0.230 e. The van der Waals surface area contributed by atoms with Gasteiger partial charge in [-0.05, 0) is 12.0 Å². The maximum Gasteiger partial charge on any atom is 0.230 e. The summed E-state index contributed by atoms with van der Waals surface area (Å²) in [6.07, 6.45) is 1.69. The summed E-state index contributed by atoms with van der Waals surface area (Å²) in [5.41, 5.74) is 1.20. The minimum Gasteiger partial charge on any atom is -0.355 e. The number of nitrogens with one attached hydrogen (secondary N) is 1. The molecule has 112 valence electrons. The van der Waals surface area contributed by atoms with Crippen LogP contribution in [0.4, 0.5) is 0 Å². The molecule has 5 nitrogen and oxygen atoms in total. The number of aromatic nitrogens is 3. The first kappa shape index (κ1) is 15.6. The summed E-state index contributed by atoms with van der Waals surface area (Å²) >= 11 is 1.41. The average molecular weight is 304 g/mol. The Labute approximate surface area is 129 Å². The summed E-state index contributed by atoms with van der Waals surface area (Å²) in [6, 6.07) is 10.2. The lowest BCUT2D eigenvalue weighted by Crippen LogP contribution is -2.25. The second-order valence-corrected chi connectivity index (χ2v) is 5.70. The van der Waals surface area contributed by atoms with Gasteiger partial charge in [0.15, 0.2) is 5.16 Å². The Balaban J connectivity index is 1.92. The quantitative estimate of drug-likeness (QED) is 0.795. The summed E-state index contributed by atoms with van der Waals surface area (Å²) in [7, 11) is 1.94. The number of hydrogen-bond acceptors (Lipinski definition) is 4. The van der Waals surface area contributed by atoms with E-state index in [1.54, 1.807) is 0 Å². The predicted molar refractivity (Wildman–Crippen MR) is 84.3 cm³/mol. The van der Waals surface area contributed by atoms with Gasteiger partial charge in [0, 0.05) is 20.0 Å². The fourth-order valence-electron chi connectivity index (χ4n) is 1.85. The van der Waals surface area contributed by atoms with E-state index in [1.807, 2.05) is 36.7 Å². The normalized spacial score (nSPS) is 10.6. The molecule has 0 aliphatic heterocycles. The van der Waals surface area contributed by atoms with Crippen molar-refractivity contribution in [2.75, 3.05) is 12.3 Å². The molecule has 0 bridgehead atoms. The van der Waals surface area contributed by atoms with Crippen molar-refractivity contribution in [3.05, 3.63) is 41.7 Å². The van der Waals surface area contributed by atoms with Crippen molar-refractivity contribution in [1.82, 2.24) is 20.1 Å². The summed E-state index contributed by atoms with van der Waals surface area (Å²) in [6.45, 7) is 2.75. The Bertz CT molecular complexity index is 583. The molecule has 6 heteroatoms. The van der Waals surface area contributed by atoms with E-state index in [4.69, 9.17) is 0 Å². The number of hydrogen-bond donors (Lipinski definition) is 1. The van der Waals surface area contributed by atoms with Gasteiger partial charge in [0.2, 0.25) is 5.91 Å². The van der Waals surface area contributed by atoms with Crippen molar-refractivity contribution in [2.45, 2.75) is 24.9 Å². The van der Waals surface area contributed by atoms with Crippen molar-refractivity contribution in [2.24, 2.45) is 7.05 Å². The van der Waals surface area contributed by atoms with E-state index in [0.29, 0.717) is 5.75 Å². The van der Waals surface area contributed by atoms with E-state index in [0.717, 1.165) is 30.4 Å². The highest BCUT2D eigenvalue weighted by Gasteiger charge is 2.11. The molecular formula is C15H20N4OS. The lowest BCUT2D eigenvalue weighted by molar-refractivity contribution is -0.118. The number of carbonyl (C=O) groups excluding carboxylic acids is 1. The first-order valence-electron chi connectivity index (χ1n) is 7.02. The minimum atomic E-state index is 0.0365. The number of amides is 1. The van der Waals surface area contributed by atoms with Crippen LogP contribution in [-0.4, -0.2) is 33.0 Å². The van der Waals surface area contributed by atoms with Crippen molar-refractivity contribution in [1.29, 1.82) is 0 Å². The second kappa shape index (κ2) is 7.83. The Morgan fingerprint density at radius 3 is 2.76 bits per heavy atom. The minimum absolute atomic E-state index is 0.0365. The fourth-order valence-corrected chi connectivity index (χ4v) is 2.61. The summed E-state index contributed by atoms with van der Waals surface area (Å²) in [5.74, 6) is 1.31. The molecule has 2 aromatic rings. The molecule has 0 atom stereocenters. The Morgan fingerprint density at radius 1 is 1.29 bits per heavy atom. The first-order chi connectivity index (χ1) is 10.2. The lowest BCUT2D eigenvalue weighted by atomic mass is 10.1. The van der Waals surface area contributed by atoms with Crippen LogP contribution < -0.4 is 5.32 Å². The van der Waals surface area contributed by atoms with Crippen LogP contribution >= 0.6 is 11.8 Å². The number of rotatable bonds is 7. The van der Waals surface area contributed by atoms with E-state index < -0.39 is 0 Å². The molecule has 0 fully saturated rings. The fraction of sp³-hybridized carbons (Fsp3) is 0.400. The summed E-state index contributed by atoms with van der Waals surface area (Å²) < 4.78 is 1.95. The molecule has 0 radical (unpaired) electrons. The highest BCUT2D eigenvalue weighted by Crippen LogP contribution is 2.17. The molecule has 0 saturated carbocycles. The first-order valence-corrected chi connectivity index (χ1v) is 8.01. The van der Waals surface area contributed by atoms with Gasteiger partial charge in [-0.2, -0.15) is 0 Å². The molecule has 0 aliphatic rings. The van der Waals surface area contributed by atoms with Gasteiger partial charge in [-0.15, -0.1) is 10.2 Å².